The fourth-order valence-electron chi connectivity index (χ4n) is 2.28. The molecule has 0 bridgehead atoms. The molecule has 0 saturated carbocycles. The normalized spacial score (nSPS) is 17.4. The van der Waals surface area contributed by atoms with Crippen molar-refractivity contribution in [3.8, 4) is 0 Å². The van der Waals surface area contributed by atoms with E-state index < -0.39 is 5.54 Å². The first kappa shape index (κ1) is 14.8. The zero-order valence-electron chi connectivity index (χ0n) is 10.9. The molecule has 0 spiro atoms. The fraction of sp³-hybridized carbons (Fsp3) is 0.385. The number of H-pyrrole nitrogens is 1. The number of rotatable bonds is 2. The molecule has 7 heteroatoms. The Kier molecular flexibility index (Phi) is 4.27. The van der Waals surface area contributed by atoms with E-state index in [1.807, 2.05) is 18.2 Å². The van der Waals surface area contributed by atoms with Gasteiger partial charge in [0, 0.05) is 18.6 Å². The number of hydrogen-bond acceptors (Lipinski definition) is 4. The standard InChI is InChI=1S/C13H16N4O2.ClH/c14-13(4-6-19-7-5-13)12(18)16-10-3-1-2-9-8-15-17-11(9)10;/h1-3,8H,4-7,14H2,(H,15,17)(H,16,18);1H. The van der Waals surface area contributed by atoms with Gasteiger partial charge < -0.3 is 15.8 Å². The Morgan fingerprint density at radius 3 is 2.90 bits per heavy atom. The molecular weight excluding hydrogens is 280 g/mol. The molecule has 4 N–H and O–H groups in total. The van der Waals surface area contributed by atoms with Gasteiger partial charge in [-0.3, -0.25) is 9.89 Å². The van der Waals surface area contributed by atoms with Gasteiger partial charge >= 0.3 is 0 Å². The van der Waals surface area contributed by atoms with Crippen molar-refractivity contribution in [1.29, 1.82) is 0 Å². The van der Waals surface area contributed by atoms with Gasteiger partial charge in [0.05, 0.1) is 17.4 Å². The molecule has 0 aliphatic carbocycles. The maximum Gasteiger partial charge on any atom is 0.244 e. The van der Waals surface area contributed by atoms with Gasteiger partial charge in [-0.05, 0) is 18.9 Å². The Morgan fingerprint density at radius 1 is 1.40 bits per heavy atom. The van der Waals surface area contributed by atoms with Crippen molar-refractivity contribution in [2.45, 2.75) is 18.4 Å². The molecule has 1 aliphatic heterocycles. The molecule has 2 heterocycles. The summed E-state index contributed by atoms with van der Waals surface area (Å²) in [5, 5.41) is 10.7. The number of halogens is 1. The summed E-state index contributed by atoms with van der Waals surface area (Å²) in [6.07, 6.45) is 2.80. The van der Waals surface area contributed by atoms with E-state index in [0.29, 0.717) is 31.7 Å². The van der Waals surface area contributed by atoms with E-state index in [4.69, 9.17) is 10.5 Å². The van der Waals surface area contributed by atoms with E-state index in [-0.39, 0.29) is 18.3 Å². The van der Waals surface area contributed by atoms with Gasteiger partial charge in [-0.25, -0.2) is 0 Å². The van der Waals surface area contributed by atoms with Crippen LogP contribution in [0, 0.1) is 0 Å². The SMILES string of the molecule is Cl.NC1(C(=O)Nc2cccc3cn[nH]c23)CCOCC1. The molecule has 0 radical (unpaired) electrons. The lowest BCUT2D eigenvalue weighted by molar-refractivity contribution is -0.124. The number of aromatic nitrogens is 2. The Labute approximate surface area is 122 Å². The summed E-state index contributed by atoms with van der Waals surface area (Å²) in [4.78, 5) is 12.3. The number of nitrogens with one attached hydrogen (secondary N) is 2. The first-order chi connectivity index (χ1) is 9.19. The van der Waals surface area contributed by atoms with Gasteiger partial charge in [0.1, 0.15) is 5.54 Å². The van der Waals surface area contributed by atoms with E-state index in [1.54, 1.807) is 6.20 Å². The molecule has 1 fully saturated rings. The number of carbonyl (C=O) groups is 1. The molecule has 108 valence electrons. The number of benzene rings is 1. The van der Waals surface area contributed by atoms with Crippen molar-refractivity contribution in [1.82, 2.24) is 10.2 Å². The highest BCUT2D eigenvalue weighted by atomic mass is 35.5. The molecule has 6 nitrogen and oxygen atoms in total. The van der Waals surface area contributed by atoms with Gasteiger partial charge in [0.15, 0.2) is 0 Å². The minimum Gasteiger partial charge on any atom is -0.381 e. The van der Waals surface area contributed by atoms with Crippen molar-refractivity contribution < 1.29 is 9.53 Å². The summed E-state index contributed by atoms with van der Waals surface area (Å²) in [6, 6.07) is 5.64. The number of anilines is 1. The molecule has 0 atom stereocenters. The number of nitrogens with two attached hydrogens (primary N) is 1. The van der Waals surface area contributed by atoms with E-state index in [9.17, 15) is 4.79 Å². The lowest BCUT2D eigenvalue weighted by Gasteiger charge is -2.31. The minimum absolute atomic E-state index is 0. The highest BCUT2D eigenvalue weighted by Gasteiger charge is 2.36. The van der Waals surface area contributed by atoms with Gasteiger partial charge in [-0.1, -0.05) is 12.1 Å². The summed E-state index contributed by atoms with van der Waals surface area (Å²) in [5.74, 6) is -0.169. The maximum absolute atomic E-state index is 12.3. The zero-order valence-corrected chi connectivity index (χ0v) is 11.7. The third kappa shape index (κ3) is 2.63. The van der Waals surface area contributed by atoms with Crippen molar-refractivity contribution in [2.24, 2.45) is 5.73 Å². The predicted molar refractivity (Wildman–Crippen MR) is 78.9 cm³/mol. The second-order valence-electron chi connectivity index (χ2n) is 4.86. The summed E-state index contributed by atoms with van der Waals surface area (Å²) in [7, 11) is 0. The topological polar surface area (TPSA) is 93.0 Å². The van der Waals surface area contributed by atoms with Crippen LogP contribution in [0.4, 0.5) is 5.69 Å². The Bertz CT molecular complexity index is 607. The van der Waals surface area contributed by atoms with E-state index in [0.717, 1.165) is 10.9 Å². The van der Waals surface area contributed by atoms with Gasteiger partial charge in [0.2, 0.25) is 5.91 Å². The van der Waals surface area contributed by atoms with Crippen LogP contribution in [-0.2, 0) is 9.53 Å². The molecule has 1 saturated heterocycles. The highest BCUT2D eigenvalue weighted by molar-refractivity contribution is 6.04. The Morgan fingerprint density at radius 2 is 2.15 bits per heavy atom. The smallest absolute Gasteiger partial charge is 0.244 e. The number of amides is 1. The van der Waals surface area contributed by atoms with Gasteiger partial charge in [-0.2, -0.15) is 5.10 Å². The molecular formula is C13H17ClN4O2. The van der Waals surface area contributed by atoms with Crippen LogP contribution in [0.1, 0.15) is 12.8 Å². The molecule has 2 aromatic rings. The van der Waals surface area contributed by atoms with Crippen LogP contribution >= 0.6 is 12.4 Å². The second kappa shape index (κ2) is 5.78. The molecule has 3 rings (SSSR count). The summed E-state index contributed by atoms with van der Waals surface area (Å²) >= 11 is 0. The first-order valence-corrected chi connectivity index (χ1v) is 6.29. The number of carbonyl (C=O) groups excluding carboxylic acids is 1. The van der Waals surface area contributed by atoms with Crippen LogP contribution in [0.5, 0.6) is 0 Å². The number of aromatic amines is 1. The zero-order chi connectivity index (χ0) is 13.3. The van der Waals surface area contributed by atoms with E-state index >= 15 is 0 Å². The number of fused-ring (bicyclic) bond motifs is 1. The summed E-state index contributed by atoms with van der Waals surface area (Å²) < 4.78 is 5.25. The lowest BCUT2D eigenvalue weighted by Crippen LogP contribution is -2.54. The molecule has 0 unspecified atom stereocenters. The largest absolute Gasteiger partial charge is 0.381 e. The Balaban J connectivity index is 0.00000147. The number of nitrogens with zero attached hydrogens (tertiary/aromatic N) is 1. The van der Waals surface area contributed by atoms with Gasteiger partial charge in [-0.15, -0.1) is 12.4 Å². The van der Waals surface area contributed by atoms with E-state index in [2.05, 4.69) is 15.5 Å². The summed E-state index contributed by atoms with van der Waals surface area (Å²) in [5.41, 5.74) is 6.82. The fourth-order valence-corrected chi connectivity index (χ4v) is 2.28. The summed E-state index contributed by atoms with van der Waals surface area (Å²) in [6.45, 7) is 1.05. The second-order valence-corrected chi connectivity index (χ2v) is 4.86. The van der Waals surface area contributed by atoms with Crippen LogP contribution in [0.3, 0.4) is 0 Å². The number of hydrogen-bond donors (Lipinski definition) is 3. The highest BCUT2D eigenvalue weighted by Crippen LogP contribution is 2.24. The van der Waals surface area contributed by atoms with E-state index in [1.165, 1.54) is 0 Å². The third-order valence-electron chi connectivity index (χ3n) is 3.56. The van der Waals surface area contributed by atoms with Crippen molar-refractivity contribution in [2.75, 3.05) is 18.5 Å². The third-order valence-corrected chi connectivity index (χ3v) is 3.56. The number of para-hydroxylation sites is 1. The number of ether oxygens (including phenoxy) is 1. The Hall–Kier alpha value is -1.63. The quantitative estimate of drug-likeness (QED) is 0.781. The molecule has 1 aromatic heterocycles. The van der Waals surface area contributed by atoms with Crippen LogP contribution in [0.25, 0.3) is 10.9 Å². The lowest BCUT2D eigenvalue weighted by atomic mass is 9.90. The average molecular weight is 297 g/mol. The van der Waals surface area contributed by atoms with Crippen molar-refractivity contribution >= 4 is 34.9 Å². The molecule has 1 aliphatic rings. The van der Waals surface area contributed by atoms with Crippen LogP contribution in [-0.4, -0.2) is 34.9 Å². The average Bonchev–Trinajstić information content (AvgIpc) is 2.89. The minimum atomic E-state index is -0.847. The van der Waals surface area contributed by atoms with Crippen molar-refractivity contribution in [3.05, 3.63) is 24.4 Å². The molecule has 20 heavy (non-hydrogen) atoms. The van der Waals surface area contributed by atoms with Crippen molar-refractivity contribution in [3.63, 3.8) is 0 Å². The van der Waals surface area contributed by atoms with Crippen LogP contribution in [0.2, 0.25) is 0 Å². The van der Waals surface area contributed by atoms with Gasteiger partial charge in [0.25, 0.3) is 0 Å². The molecule has 1 amide bonds. The first-order valence-electron chi connectivity index (χ1n) is 6.29. The van der Waals surface area contributed by atoms with Crippen LogP contribution in [0.15, 0.2) is 24.4 Å². The van der Waals surface area contributed by atoms with Crippen LogP contribution < -0.4 is 11.1 Å². The molecule has 1 aromatic carbocycles. The maximum atomic E-state index is 12.3. The monoisotopic (exact) mass is 296 g/mol. The predicted octanol–water partition coefficient (Wildman–Crippen LogP) is 1.43.